The number of halogens is 3. The summed E-state index contributed by atoms with van der Waals surface area (Å²) in [4.78, 5) is 9.77. The minimum atomic E-state index is -4.42. The van der Waals surface area contributed by atoms with Crippen molar-refractivity contribution < 1.29 is 23.1 Å². The van der Waals surface area contributed by atoms with E-state index < -0.39 is 24.5 Å². The molecule has 0 unspecified atom stereocenters. The molecular weight excluding hydrogens is 149 g/mol. The molecule has 60 valence electrons. The maximum absolute atomic E-state index is 11.4. The Morgan fingerprint density at radius 2 is 2.00 bits per heavy atom. The topological polar surface area (TPSA) is 40.1 Å². The van der Waals surface area contributed by atoms with E-state index in [0.717, 1.165) is 6.92 Å². The summed E-state index contributed by atoms with van der Waals surface area (Å²) in [5.74, 6) is -3.13. The number of carbonyl (C=O) groups is 1. The third-order valence-corrected chi connectivity index (χ3v) is 0.940. The fourth-order valence-corrected chi connectivity index (χ4v) is 0.431. The first-order valence-electron chi connectivity index (χ1n) is 2.60. The van der Waals surface area contributed by atoms with Gasteiger partial charge in [0.15, 0.2) is 0 Å². The highest BCUT2D eigenvalue weighted by Crippen LogP contribution is 2.23. The van der Waals surface area contributed by atoms with Crippen molar-refractivity contribution in [3.8, 4) is 0 Å². The average molecular weight is 155 g/mol. The fraction of sp³-hybridized carbons (Fsp3) is 0.800. The van der Waals surface area contributed by atoms with Gasteiger partial charge in [-0.2, -0.15) is 13.2 Å². The molecule has 0 aliphatic heterocycles. The summed E-state index contributed by atoms with van der Waals surface area (Å²) in [5.41, 5.74) is 0. The van der Waals surface area contributed by atoms with E-state index in [9.17, 15) is 23.1 Å². The number of alkyl halides is 3. The van der Waals surface area contributed by atoms with Gasteiger partial charge in [0, 0.05) is 11.9 Å². The Hall–Kier alpha value is -0.740. The summed E-state index contributed by atoms with van der Waals surface area (Å²) in [7, 11) is 0. The van der Waals surface area contributed by atoms with Gasteiger partial charge in [-0.05, 0) is 0 Å². The number of carboxylic acid groups (broad SMARTS) is 1. The third kappa shape index (κ3) is 4.17. The Kier molecular flexibility index (Phi) is 2.68. The van der Waals surface area contributed by atoms with Crippen molar-refractivity contribution in [2.45, 2.75) is 19.5 Å². The molecule has 0 rings (SSSR count). The van der Waals surface area contributed by atoms with Crippen molar-refractivity contribution in [3.63, 3.8) is 0 Å². The summed E-state index contributed by atoms with van der Waals surface area (Å²) in [6, 6.07) is 0. The van der Waals surface area contributed by atoms with E-state index in [1.807, 2.05) is 0 Å². The molecule has 0 aromatic heterocycles. The Bertz CT molecular complexity index is 129. The zero-order valence-corrected chi connectivity index (χ0v) is 5.23. The molecule has 1 atom stereocenters. The van der Waals surface area contributed by atoms with Crippen molar-refractivity contribution in [1.29, 1.82) is 0 Å². The first-order chi connectivity index (χ1) is 4.33. The van der Waals surface area contributed by atoms with Gasteiger partial charge in [0.2, 0.25) is 0 Å². The van der Waals surface area contributed by atoms with Gasteiger partial charge in [-0.3, -0.25) is 0 Å². The Balaban J connectivity index is 3.80. The van der Waals surface area contributed by atoms with Crippen LogP contribution in [-0.4, -0.2) is 12.1 Å². The number of hydrogen-bond acceptors (Lipinski definition) is 2. The van der Waals surface area contributed by atoms with Crippen molar-refractivity contribution >= 4 is 5.97 Å². The summed E-state index contributed by atoms with van der Waals surface area (Å²) >= 11 is 0. The minimum Gasteiger partial charge on any atom is -0.550 e. The molecule has 0 heterocycles. The molecule has 0 aromatic rings. The maximum Gasteiger partial charge on any atom is 0.389 e. The SMILES string of the molecule is C[C@H](CC(F)(F)F)C(=O)[O-]. The third-order valence-electron chi connectivity index (χ3n) is 0.940. The first-order valence-corrected chi connectivity index (χ1v) is 2.60. The Labute approximate surface area is 55.7 Å². The van der Waals surface area contributed by atoms with E-state index in [1.165, 1.54) is 0 Å². The lowest BCUT2D eigenvalue weighted by Gasteiger charge is -2.13. The molecule has 0 bridgehead atoms. The van der Waals surface area contributed by atoms with Gasteiger partial charge in [0.25, 0.3) is 0 Å². The van der Waals surface area contributed by atoms with Gasteiger partial charge in [0.1, 0.15) is 0 Å². The molecule has 0 spiro atoms. The number of aliphatic carboxylic acids is 1. The van der Waals surface area contributed by atoms with Crippen LogP contribution in [0.2, 0.25) is 0 Å². The average Bonchev–Trinajstić information content (AvgIpc) is 1.60. The zero-order valence-electron chi connectivity index (χ0n) is 5.23. The minimum absolute atomic E-state index is 0.961. The van der Waals surface area contributed by atoms with Crippen LogP contribution in [-0.2, 0) is 4.79 Å². The van der Waals surface area contributed by atoms with E-state index in [0.29, 0.717) is 0 Å². The van der Waals surface area contributed by atoms with Crippen molar-refractivity contribution in [2.24, 2.45) is 5.92 Å². The Morgan fingerprint density at radius 3 is 2.10 bits per heavy atom. The molecule has 0 saturated heterocycles. The normalized spacial score (nSPS) is 14.8. The fourth-order valence-electron chi connectivity index (χ4n) is 0.431. The molecular formula is C5H6F3O2-. The molecule has 0 N–H and O–H groups in total. The standard InChI is InChI=1S/C5H7F3O2/c1-3(4(9)10)2-5(6,7)8/h3H,2H2,1H3,(H,9,10)/p-1/t3-/m1/s1. The lowest BCUT2D eigenvalue weighted by Crippen LogP contribution is -2.32. The maximum atomic E-state index is 11.4. The molecule has 0 aromatic carbocycles. The van der Waals surface area contributed by atoms with Crippen LogP contribution in [0, 0.1) is 5.92 Å². The number of carbonyl (C=O) groups excluding carboxylic acids is 1. The molecule has 0 saturated carbocycles. The molecule has 0 fully saturated rings. The van der Waals surface area contributed by atoms with E-state index in [4.69, 9.17) is 0 Å². The second-order valence-corrected chi connectivity index (χ2v) is 2.04. The van der Waals surface area contributed by atoms with Crippen LogP contribution in [0.4, 0.5) is 13.2 Å². The zero-order chi connectivity index (χ0) is 8.36. The lowest BCUT2D eigenvalue weighted by molar-refractivity contribution is -0.314. The number of hydrogen-bond donors (Lipinski definition) is 0. The van der Waals surface area contributed by atoms with Crippen molar-refractivity contribution in [2.75, 3.05) is 0 Å². The van der Waals surface area contributed by atoms with Crippen LogP contribution in [0.3, 0.4) is 0 Å². The van der Waals surface area contributed by atoms with E-state index >= 15 is 0 Å². The molecule has 2 nitrogen and oxygen atoms in total. The van der Waals surface area contributed by atoms with Gasteiger partial charge in [-0.25, -0.2) is 0 Å². The highest BCUT2D eigenvalue weighted by molar-refractivity contribution is 5.67. The largest absolute Gasteiger partial charge is 0.550 e. The van der Waals surface area contributed by atoms with Crippen LogP contribution >= 0.6 is 0 Å². The van der Waals surface area contributed by atoms with Crippen LogP contribution in [0.25, 0.3) is 0 Å². The smallest absolute Gasteiger partial charge is 0.389 e. The number of carboxylic acids is 1. The summed E-state index contributed by atoms with van der Waals surface area (Å²) in [6.45, 7) is 0.961. The molecule has 0 aliphatic carbocycles. The summed E-state index contributed by atoms with van der Waals surface area (Å²) < 4.78 is 34.1. The van der Waals surface area contributed by atoms with Gasteiger partial charge in [0.05, 0.1) is 6.42 Å². The van der Waals surface area contributed by atoms with E-state index in [2.05, 4.69) is 0 Å². The first kappa shape index (κ1) is 9.26. The van der Waals surface area contributed by atoms with Crippen molar-refractivity contribution in [1.82, 2.24) is 0 Å². The van der Waals surface area contributed by atoms with Gasteiger partial charge in [-0.1, -0.05) is 6.92 Å². The highest BCUT2D eigenvalue weighted by Gasteiger charge is 2.30. The van der Waals surface area contributed by atoms with Crippen molar-refractivity contribution in [3.05, 3.63) is 0 Å². The molecule has 10 heavy (non-hydrogen) atoms. The summed E-state index contributed by atoms with van der Waals surface area (Å²) in [5, 5.41) is 9.77. The van der Waals surface area contributed by atoms with Crippen LogP contribution in [0.5, 0.6) is 0 Å². The van der Waals surface area contributed by atoms with Gasteiger partial charge < -0.3 is 9.90 Å². The lowest BCUT2D eigenvalue weighted by atomic mass is 10.1. The second kappa shape index (κ2) is 2.90. The molecule has 0 amide bonds. The van der Waals surface area contributed by atoms with E-state index in [-0.39, 0.29) is 0 Å². The predicted octanol–water partition coefficient (Wildman–Crippen LogP) is 0.325. The quantitative estimate of drug-likeness (QED) is 0.576. The molecule has 0 radical (unpaired) electrons. The van der Waals surface area contributed by atoms with Gasteiger partial charge >= 0.3 is 6.18 Å². The van der Waals surface area contributed by atoms with E-state index in [1.54, 1.807) is 0 Å². The Morgan fingerprint density at radius 1 is 1.60 bits per heavy atom. The summed E-state index contributed by atoms with van der Waals surface area (Å²) in [6.07, 6.45) is -5.74. The predicted molar refractivity (Wildman–Crippen MR) is 24.8 cm³/mol. The number of rotatable bonds is 2. The van der Waals surface area contributed by atoms with Gasteiger partial charge in [-0.15, -0.1) is 0 Å². The second-order valence-electron chi connectivity index (χ2n) is 2.04. The highest BCUT2D eigenvalue weighted by atomic mass is 19.4. The van der Waals surface area contributed by atoms with Crippen LogP contribution in [0.15, 0.2) is 0 Å². The molecule has 0 aliphatic rings. The van der Waals surface area contributed by atoms with Crippen LogP contribution < -0.4 is 5.11 Å². The van der Waals surface area contributed by atoms with Crippen LogP contribution in [0.1, 0.15) is 13.3 Å². The monoisotopic (exact) mass is 155 g/mol. The molecule has 5 heteroatoms.